The van der Waals surface area contributed by atoms with Crippen molar-refractivity contribution in [2.24, 2.45) is 0 Å². The molecule has 3 aromatic rings. The van der Waals surface area contributed by atoms with Crippen LogP contribution in [0.25, 0.3) is 0 Å². The molecule has 0 bridgehead atoms. The summed E-state index contributed by atoms with van der Waals surface area (Å²) >= 11 is 0. The van der Waals surface area contributed by atoms with Crippen LogP contribution in [0.15, 0.2) is 60.8 Å². The number of ether oxygens (including phenoxy) is 1. The van der Waals surface area contributed by atoms with Gasteiger partial charge >= 0.3 is 0 Å². The number of aromatic nitrogens is 1. The second-order valence-corrected chi connectivity index (χ2v) is 6.06. The van der Waals surface area contributed by atoms with Crippen molar-refractivity contribution in [3.05, 3.63) is 77.6 Å². The Balaban J connectivity index is 1.75. The quantitative estimate of drug-likeness (QED) is 0.702. The molecule has 0 spiro atoms. The molecule has 1 amide bonds. The Labute approximate surface area is 153 Å². The highest BCUT2D eigenvalue weighted by molar-refractivity contribution is 6.03. The first-order valence-corrected chi connectivity index (χ1v) is 8.31. The smallest absolute Gasteiger partial charge is 0.274 e. The van der Waals surface area contributed by atoms with E-state index in [9.17, 15) is 4.79 Å². The number of nitrogens with one attached hydrogen (secondary N) is 2. The maximum absolute atomic E-state index is 12.5. The van der Waals surface area contributed by atoms with Crippen LogP contribution in [-0.4, -0.2) is 18.0 Å². The first kappa shape index (κ1) is 17.5. The van der Waals surface area contributed by atoms with Crippen molar-refractivity contribution in [2.45, 2.75) is 13.8 Å². The highest BCUT2D eigenvalue weighted by atomic mass is 16.5. The highest BCUT2D eigenvalue weighted by Gasteiger charge is 2.10. The first-order valence-electron chi connectivity index (χ1n) is 8.31. The van der Waals surface area contributed by atoms with Gasteiger partial charge in [0, 0.05) is 23.3 Å². The summed E-state index contributed by atoms with van der Waals surface area (Å²) in [5, 5.41) is 6.19. The minimum absolute atomic E-state index is 0.239. The van der Waals surface area contributed by atoms with Gasteiger partial charge in [-0.2, -0.15) is 0 Å². The molecular formula is C21H21N3O2. The summed E-state index contributed by atoms with van der Waals surface area (Å²) in [4.78, 5) is 16.7. The van der Waals surface area contributed by atoms with Crippen molar-refractivity contribution >= 4 is 23.0 Å². The van der Waals surface area contributed by atoms with Crippen molar-refractivity contribution in [1.82, 2.24) is 4.98 Å². The summed E-state index contributed by atoms with van der Waals surface area (Å²) in [6, 6.07) is 17.1. The van der Waals surface area contributed by atoms with Gasteiger partial charge in [-0.3, -0.25) is 9.78 Å². The third-order valence-corrected chi connectivity index (χ3v) is 4.01. The van der Waals surface area contributed by atoms with Crippen LogP contribution in [0.3, 0.4) is 0 Å². The van der Waals surface area contributed by atoms with Gasteiger partial charge in [0.2, 0.25) is 0 Å². The lowest BCUT2D eigenvalue weighted by molar-refractivity contribution is 0.102. The van der Waals surface area contributed by atoms with E-state index in [0.29, 0.717) is 5.69 Å². The summed E-state index contributed by atoms with van der Waals surface area (Å²) in [5.41, 5.74) is 4.94. The number of anilines is 3. The Morgan fingerprint density at radius 2 is 1.73 bits per heavy atom. The largest absolute Gasteiger partial charge is 0.497 e. The van der Waals surface area contributed by atoms with E-state index in [1.165, 1.54) is 0 Å². The third-order valence-electron chi connectivity index (χ3n) is 4.01. The molecule has 0 saturated carbocycles. The van der Waals surface area contributed by atoms with Gasteiger partial charge < -0.3 is 15.4 Å². The normalized spacial score (nSPS) is 10.3. The highest BCUT2D eigenvalue weighted by Crippen LogP contribution is 2.21. The number of rotatable bonds is 5. The molecule has 0 unspecified atom stereocenters. The van der Waals surface area contributed by atoms with Gasteiger partial charge in [-0.1, -0.05) is 12.1 Å². The SMILES string of the molecule is COc1ccc(Nc2ccnc(C(=O)Nc3cc(C)ccc3C)c2)cc1. The lowest BCUT2D eigenvalue weighted by Gasteiger charge is -2.11. The molecule has 0 fully saturated rings. The van der Waals surface area contributed by atoms with E-state index in [0.717, 1.165) is 33.9 Å². The average Bonchev–Trinajstić information content (AvgIpc) is 2.65. The van der Waals surface area contributed by atoms with Crippen molar-refractivity contribution in [3.63, 3.8) is 0 Å². The molecule has 0 aliphatic heterocycles. The molecule has 5 heteroatoms. The number of aryl methyl sites for hydroxylation is 2. The van der Waals surface area contributed by atoms with Gasteiger partial charge in [0.05, 0.1) is 7.11 Å². The summed E-state index contributed by atoms with van der Waals surface area (Å²) in [7, 11) is 1.63. The Kier molecular flexibility index (Phi) is 5.17. The Bertz CT molecular complexity index is 921. The van der Waals surface area contributed by atoms with Crippen LogP contribution in [0.2, 0.25) is 0 Å². The maximum Gasteiger partial charge on any atom is 0.274 e. The van der Waals surface area contributed by atoms with E-state index in [4.69, 9.17) is 4.74 Å². The minimum Gasteiger partial charge on any atom is -0.497 e. The average molecular weight is 347 g/mol. The van der Waals surface area contributed by atoms with Crippen LogP contribution in [0, 0.1) is 13.8 Å². The Morgan fingerprint density at radius 1 is 0.962 bits per heavy atom. The van der Waals surface area contributed by atoms with Gasteiger partial charge in [-0.15, -0.1) is 0 Å². The number of amides is 1. The second kappa shape index (κ2) is 7.70. The topological polar surface area (TPSA) is 63.2 Å². The van der Waals surface area contributed by atoms with E-state index < -0.39 is 0 Å². The van der Waals surface area contributed by atoms with E-state index in [2.05, 4.69) is 15.6 Å². The molecule has 1 heterocycles. The Morgan fingerprint density at radius 3 is 2.46 bits per heavy atom. The molecule has 0 aliphatic carbocycles. The van der Waals surface area contributed by atoms with Gasteiger partial charge in [0.25, 0.3) is 5.91 Å². The van der Waals surface area contributed by atoms with Crippen molar-refractivity contribution in [2.75, 3.05) is 17.7 Å². The molecule has 2 aromatic carbocycles. The van der Waals surface area contributed by atoms with E-state index in [1.54, 1.807) is 19.4 Å². The second-order valence-electron chi connectivity index (χ2n) is 6.06. The number of carbonyl (C=O) groups is 1. The molecule has 26 heavy (non-hydrogen) atoms. The van der Waals surface area contributed by atoms with Gasteiger partial charge in [0.15, 0.2) is 0 Å². The third kappa shape index (κ3) is 4.19. The van der Waals surface area contributed by atoms with Crippen LogP contribution in [0.4, 0.5) is 17.1 Å². The molecular weight excluding hydrogens is 326 g/mol. The number of benzene rings is 2. The monoisotopic (exact) mass is 347 g/mol. The Hall–Kier alpha value is -3.34. The first-order chi connectivity index (χ1) is 12.5. The van der Waals surface area contributed by atoms with Crippen LogP contribution in [0.5, 0.6) is 5.75 Å². The number of methoxy groups -OCH3 is 1. The fourth-order valence-electron chi connectivity index (χ4n) is 2.53. The van der Waals surface area contributed by atoms with Gasteiger partial charge in [0.1, 0.15) is 11.4 Å². The predicted molar refractivity (Wildman–Crippen MR) is 104 cm³/mol. The van der Waals surface area contributed by atoms with E-state index >= 15 is 0 Å². The van der Waals surface area contributed by atoms with E-state index in [-0.39, 0.29) is 5.91 Å². The number of carbonyl (C=O) groups excluding carboxylic acids is 1. The fraction of sp³-hybridized carbons (Fsp3) is 0.143. The predicted octanol–water partition coefficient (Wildman–Crippen LogP) is 4.70. The standard InChI is InChI=1S/C21H21N3O2/c1-14-4-5-15(2)19(12-14)24-21(25)20-13-17(10-11-22-20)23-16-6-8-18(26-3)9-7-16/h4-13H,1-3H3,(H,22,23)(H,24,25). The molecule has 0 saturated heterocycles. The molecule has 5 nitrogen and oxygen atoms in total. The van der Waals surface area contributed by atoms with Gasteiger partial charge in [-0.05, 0) is 67.4 Å². The van der Waals surface area contributed by atoms with Crippen molar-refractivity contribution in [1.29, 1.82) is 0 Å². The fourth-order valence-corrected chi connectivity index (χ4v) is 2.53. The number of nitrogens with zero attached hydrogens (tertiary/aromatic N) is 1. The molecule has 0 radical (unpaired) electrons. The molecule has 2 N–H and O–H groups in total. The number of hydrogen-bond donors (Lipinski definition) is 2. The van der Waals surface area contributed by atoms with Crippen molar-refractivity contribution in [3.8, 4) is 5.75 Å². The summed E-state index contributed by atoms with van der Waals surface area (Å²) in [6.07, 6.45) is 1.61. The zero-order valence-corrected chi connectivity index (χ0v) is 15.0. The van der Waals surface area contributed by atoms with Crippen LogP contribution >= 0.6 is 0 Å². The van der Waals surface area contributed by atoms with Crippen LogP contribution in [-0.2, 0) is 0 Å². The van der Waals surface area contributed by atoms with Gasteiger partial charge in [-0.25, -0.2) is 0 Å². The number of pyridine rings is 1. The van der Waals surface area contributed by atoms with Crippen molar-refractivity contribution < 1.29 is 9.53 Å². The lowest BCUT2D eigenvalue weighted by atomic mass is 10.1. The van der Waals surface area contributed by atoms with E-state index in [1.807, 2.05) is 62.4 Å². The summed E-state index contributed by atoms with van der Waals surface area (Å²) < 4.78 is 5.15. The van der Waals surface area contributed by atoms with Crippen LogP contribution < -0.4 is 15.4 Å². The zero-order valence-electron chi connectivity index (χ0n) is 15.0. The number of hydrogen-bond acceptors (Lipinski definition) is 4. The summed E-state index contributed by atoms with van der Waals surface area (Å²) in [6.45, 7) is 3.96. The molecule has 3 rings (SSSR count). The molecule has 1 aromatic heterocycles. The minimum atomic E-state index is -0.239. The molecule has 0 aliphatic rings. The lowest BCUT2D eigenvalue weighted by Crippen LogP contribution is -2.14. The zero-order chi connectivity index (χ0) is 18.5. The molecule has 132 valence electrons. The molecule has 0 atom stereocenters. The van der Waals surface area contributed by atoms with Crippen LogP contribution in [0.1, 0.15) is 21.6 Å². The maximum atomic E-state index is 12.5. The summed E-state index contributed by atoms with van der Waals surface area (Å²) in [5.74, 6) is 0.552.